The van der Waals surface area contributed by atoms with E-state index in [1.54, 1.807) is 0 Å². The number of aryl methyl sites for hydroxylation is 2. The van der Waals surface area contributed by atoms with Gasteiger partial charge in [-0.25, -0.2) is 9.69 Å². The summed E-state index contributed by atoms with van der Waals surface area (Å²) in [5, 5.41) is 10.0. The summed E-state index contributed by atoms with van der Waals surface area (Å²) in [7, 11) is 1.52. The van der Waals surface area contributed by atoms with Gasteiger partial charge in [-0.3, -0.25) is 5.41 Å². The molecule has 0 atom stereocenters. The number of benzene rings is 1. The minimum atomic E-state index is -0.401. The van der Waals surface area contributed by atoms with Gasteiger partial charge in [-0.1, -0.05) is 25.1 Å². The molecular weight excluding hydrogens is 216 g/mol. The first-order valence-electron chi connectivity index (χ1n) is 5.47. The minimum absolute atomic E-state index is 0.284. The second-order valence-electron chi connectivity index (χ2n) is 3.71. The zero-order valence-corrected chi connectivity index (χ0v) is 10.4. The highest BCUT2D eigenvalue weighted by Gasteiger charge is 2.21. The number of carbonyl (C=O) groups excluding carboxylic acids is 1. The van der Waals surface area contributed by atoms with Crippen molar-refractivity contribution < 1.29 is 4.79 Å². The van der Waals surface area contributed by atoms with Crippen molar-refractivity contribution in [1.29, 1.82) is 5.41 Å². The second kappa shape index (κ2) is 5.34. The van der Waals surface area contributed by atoms with E-state index in [0.717, 1.165) is 17.5 Å². The molecule has 0 heterocycles. The molecule has 0 fully saturated rings. The number of hydrogen-bond acceptors (Lipinski definition) is 2. The first-order valence-corrected chi connectivity index (χ1v) is 5.47. The van der Waals surface area contributed by atoms with Crippen LogP contribution in [0.2, 0.25) is 0 Å². The van der Waals surface area contributed by atoms with Gasteiger partial charge in [-0.05, 0) is 24.5 Å². The Morgan fingerprint density at radius 2 is 2.18 bits per heavy atom. The zero-order chi connectivity index (χ0) is 13.0. The molecule has 5 heteroatoms. The summed E-state index contributed by atoms with van der Waals surface area (Å²) >= 11 is 0. The predicted octanol–water partition coefficient (Wildman–Crippen LogP) is 1.60. The average molecular weight is 234 g/mol. The third kappa shape index (κ3) is 2.55. The van der Waals surface area contributed by atoms with Crippen LogP contribution in [0.1, 0.15) is 18.1 Å². The molecule has 0 aliphatic heterocycles. The number of nitrogens with one attached hydrogen (secondary N) is 2. The molecule has 0 spiro atoms. The Bertz CT molecular complexity index is 442. The fraction of sp³-hybridized carbons (Fsp3) is 0.333. The van der Waals surface area contributed by atoms with Crippen molar-refractivity contribution in [3.8, 4) is 0 Å². The van der Waals surface area contributed by atoms with Crippen LogP contribution in [-0.2, 0) is 6.42 Å². The van der Waals surface area contributed by atoms with Crippen LogP contribution in [-0.4, -0.2) is 19.0 Å². The fourth-order valence-electron chi connectivity index (χ4n) is 1.77. The number of para-hydroxylation sites is 1. The molecule has 2 amide bonds. The Kier molecular flexibility index (Phi) is 4.09. The lowest BCUT2D eigenvalue weighted by atomic mass is 10.0. The lowest BCUT2D eigenvalue weighted by molar-refractivity contribution is 0.251. The van der Waals surface area contributed by atoms with Gasteiger partial charge in [-0.2, -0.15) is 0 Å². The van der Waals surface area contributed by atoms with Gasteiger partial charge in [-0.15, -0.1) is 0 Å². The van der Waals surface area contributed by atoms with Gasteiger partial charge >= 0.3 is 6.03 Å². The maximum absolute atomic E-state index is 11.8. The SMILES string of the molecule is CCc1cccc(C)c1N(C(=N)N)C(=O)NC. The monoisotopic (exact) mass is 234 g/mol. The average Bonchev–Trinajstić information content (AvgIpc) is 2.30. The van der Waals surface area contributed by atoms with Crippen molar-refractivity contribution in [1.82, 2.24) is 5.32 Å². The van der Waals surface area contributed by atoms with Gasteiger partial charge in [0, 0.05) is 7.05 Å². The maximum Gasteiger partial charge on any atom is 0.328 e. The number of amides is 2. The Hall–Kier alpha value is -2.04. The Balaban J connectivity index is 3.37. The summed E-state index contributed by atoms with van der Waals surface area (Å²) < 4.78 is 0. The molecule has 0 unspecified atom stereocenters. The van der Waals surface area contributed by atoms with E-state index in [-0.39, 0.29) is 5.96 Å². The van der Waals surface area contributed by atoms with E-state index in [1.807, 2.05) is 32.0 Å². The molecule has 92 valence electrons. The smallest absolute Gasteiger partial charge is 0.328 e. The van der Waals surface area contributed by atoms with E-state index in [2.05, 4.69) is 5.32 Å². The normalized spacial score (nSPS) is 9.82. The highest BCUT2D eigenvalue weighted by atomic mass is 16.2. The number of urea groups is 1. The third-order valence-electron chi connectivity index (χ3n) is 2.58. The number of carbonyl (C=O) groups is 1. The van der Waals surface area contributed by atoms with Crippen LogP contribution in [0.25, 0.3) is 0 Å². The Labute approximate surface area is 101 Å². The van der Waals surface area contributed by atoms with Crippen molar-refractivity contribution in [2.45, 2.75) is 20.3 Å². The molecule has 1 aromatic rings. The van der Waals surface area contributed by atoms with Gasteiger partial charge in [0.25, 0.3) is 0 Å². The molecule has 1 rings (SSSR count). The van der Waals surface area contributed by atoms with Crippen LogP contribution in [0, 0.1) is 12.3 Å². The van der Waals surface area contributed by atoms with Crippen LogP contribution in [0.5, 0.6) is 0 Å². The first kappa shape index (κ1) is 13.0. The number of anilines is 1. The topological polar surface area (TPSA) is 82.2 Å². The van der Waals surface area contributed by atoms with Gasteiger partial charge in [0.1, 0.15) is 0 Å². The summed E-state index contributed by atoms with van der Waals surface area (Å²) in [6, 6.07) is 5.36. The second-order valence-corrected chi connectivity index (χ2v) is 3.71. The fourth-order valence-corrected chi connectivity index (χ4v) is 1.77. The quantitative estimate of drug-likeness (QED) is 0.536. The van der Waals surface area contributed by atoms with E-state index >= 15 is 0 Å². The van der Waals surface area contributed by atoms with Gasteiger partial charge in [0.05, 0.1) is 5.69 Å². The van der Waals surface area contributed by atoms with Crippen LogP contribution in [0.3, 0.4) is 0 Å². The number of nitrogens with two attached hydrogens (primary N) is 1. The standard InChI is InChI=1S/C12H18N4O/c1-4-9-7-5-6-8(2)10(9)16(11(13)14)12(17)15-3/h5-7H,4H2,1-3H3,(H3,13,14)(H,15,17). The predicted molar refractivity (Wildman–Crippen MR) is 69.4 cm³/mol. The van der Waals surface area contributed by atoms with E-state index in [1.165, 1.54) is 11.9 Å². The molecule has 0 bridgehead atoms. The molecule has 0 saturated heterocycles. The summed E-state index contributed by atoms with van der Waals surface area (Å²) in [5.41, 5.74) is 8.09. The molecule has 17 heavy (non-hydrogen) atoms. The van der Waals surface area contributed by atoms with E-state index in [4.69, 9.17) is 11.1 Å². The maximum atomic E-state index is 11.8. The molecule has 5 nitrogen and oxygen atoms in total. The molecule has 0 aromatic heterocycles. The van der Waals surface area contributed by atoms with E-state index in [0.29, 0.717) is 5.69 Å². The first-order chi connectivity index (χ1) is 8.02. The number of hydrogen-bond donors (Lipinski definition) is 3. The number of nitrogens with zero attached hydrogens (tertiary/aromatic N) is 1. The molecular formula is C12H18N4O. The van der Waals surface area contributed by atoms with Crippen molar-refractivity contribution in [2.75, 3.05) is 11.9 Å². The van der Waals surface area contributed by atoms with Crippen LogP contribution in [0.4, 0.5) is 10.5 Å². The molecule has 0 aliphatic carbocycles. The van der Waals surface area contributed by atoms with Crippen LogP contribution < -0.4 is 16.0 Å². The van der Waals surface area contributed by atoms with Gasteiger partial charge < -0.3 is 11.1 Å². The summed E-state index contributed by atoms with van der Waals surface area (Å²) in [6.07, 6.45) is 0.776. The summed E-state index contributed by atoms with van der Waals surface area (Å²) in [6.45, 7) is 3.90. The molecule has 4 N–H and O–H groups in total. The minimum Gasteiger partial charge on any atom is -0.369 e. The summed E-state index contributed by atoms with van der Waals surface area (Å²) in [4.78, 5) is 13.0. The molecule has 1 aromatic carbocycles. The lowest BCUT2D eigenvalue weighted by Gasteiger charge is -2.24. The largest absolute Gasteiger partial charge is 0.369 e. The highest BCUT2D eigenvalue weighted by Crippen LogP contribution is 2.25. The third-order valence-corrected chi connectivity index (χ3v) is 2.58. The van der Waals surface area contributed by atoms with Gasteiger partial charge in [0.2, 0.25) is 5.96 Å². The number of guanidine groups is 1. The van der Waals surface area contributed by atoms with Crippen molar-refractivity contribution in [3.05, 3.63) is 29.3 Å². The van der Waals surface area contributed by atoms with Crippen molar-refractivity contribution in [3.63, 3.8) is 0 Å². The molecule has 0 saturated carbocycles. The van der Waals surface area contributed by atoms with Crippen molar-refractivity contribution in [2.24, 2.45) is 5.73 Å². The Morgan fingerprint density at radius 1 is 1.53 bits per heavy atom. The summed E-state index contributed by atoms with van der Waals surface area (Å²) in [5.74, 6) is -0.284. The van der Waals surface area contributed by atoms with Crippen molar-refractivity contribution >= 4 is 17.7 Å². The van der Waals surface area contributed by atoms with Gasteiger partial charge in [0.15, 0.2) is 0 Å². The molecule has 0 aliphatic rings. The number of rotatable bonds is 2. The Morgan fingerprint density at radius 3 is 2.65 bits per heavy atom. The van der Waals surface area contributed by atoms with Crippen LogP contribution in [0.15, 0.2) is 18.2 Å². The van der Waals surface area contributed by atoms with E-state index in [9.17, 15) is 4.79 Å². The van der Waals surface area contributed by atoms with E-state index < -0.39 is 6.03 Å². The molecule has 0 radical (unpaired) electrons. The zero-order valence-electron chi connectivity index (χ0n) is 10.4. The lowest BCUT2D eigenvalue weighted by Crippen LogP contribution is -2.46. The van der Waals surface area contributed by atoms with Crippen LogP contribution >= 0.6 is 0 Å². The highest BCUT2D eigenvalue weighted by molar-refractivity contribution is 6.14.